The molecule has 0 bridgehead atoms. The predicted octanol–water partition coefficient (Wildman–Crippen LogP) is 2.24. The number of carbonyl (C=O) groups excluding carboxylic acids is 1. The maximum Gasteiger partial charge on any atom is 0.258 e. The number of rotatable bonds is 8. The van der Waals surface area contributed by atoms with Crippen LogP contribution in [0.2, 0.25) is 0 Å². The molecule has 1 saturated carbocycles. The van der Waals surface area contributed by atoms with Gasteiger partial charge < -0.3 is 20.7 Å². The molecule has 1 amide bonds. The van der Waals surface area contributed by atoms with E-state index in [0.29, 0.717) is 18.3 Å². The minimum Gasteiger partial charge on any atom is -0.484 e. The largest absolute Gasteiger partial charge is 0.484 e. The molecule has 26 heavy (non-hydrogen) atoms. The van der Waals surface area contributed by atoms with Crippen molar-refractivity contribution in [1.82, 2.24) is 16.0 Å². The monoisotopic (exact) mass is 360 g/mol. The van der Waals surface area contributed by atoms with Crippen molar-refractivity contribution in [1.29, 1.82) is 0 Å². The molecule has 0 atom stereocenters. The highest BCUT2D eigenvalue weighted by Gasteiger charge is 2.23. The second-order valence-electron chi connectivity index (χ2n) is 7.66. The smallest absolute Gasteiger partial charge is 0.258 e. The molecule has 3 N–H and O–H groups in total. The third kappa shape index (κ3) is 8.23. The van der Waals surface area contributed by atoms with Gasteiger partial charge in [-0.2, -0.15) is 0 Å². The minimum atomic E-state index is -0.0479. The topological polar surface area (TPSA) is 74.8 Å². The second kappa shape index (κ2) is 9.46. The Kier molecular flexibility index (Phi) is 7.30. The van der Waals surface area contributed by atoms with E-state index in [1.165, 1.54) is 5.56 Å². The van der Waals surface area contributed by atoms with Gasteiger partial charge in [-0.1, -0.05) is 12.1 Å². The zero-order chi connectivity index (χ0) is 19.0. The first-order valence-corrected chi connectivity index (χ1v) is 9.43. The van der Waals surface area contributed by atoms with Crippen LogP contribution in [0.25, 0.3) is 0 Å². The molecule has 1 aliphatic carbocycles. The maximum absolute atomic E-state index is 11.6. The minimum absolute atomic E-state index is 0.0220. The molecule has 1 aromatic carbocycles. The van der Waals surface area contributed by atoms with Gasteiger partial charge in [-0.05, 0) is 64.7 Å². The van der Waals surface area contributed by atoms with Gasteiger partial charge in [0.1, 0.15) is 5.75 Å². The fraction of sp³-hybridized carbons (Fsp3) is 0.600. The predicted molar refractivity (Wildman–Crippen MR) is 106 cm³/mol. The summed E-state index contributed by atoms with van der Waals surface area (Å²) in [4.78, 5) is 16.2. The summed E-state index contributed by atoms with van der Waals surface area (Å²) < 4.78 is 5.52. The molecule has 0 radical (unpaired) electrons. The Morgan fingerprint density at radius 2 is 1.92 bits per heavy atom. The molecule has 0 unspecified atom stereocenters. The van der Waals surface area contributed by atoms with Crippen molar-refractivity contribution in [2.75, 3.05) is 19.7 Å². The van der Waals surface area contributed by atoms with Crippen molar-refractivity contribution < 1.29 is 9.53 Å². The molecular formula is C20H32N4O2. The van der Waals surface area contributed by atoms with Crippen molar-refractivity contribution in [2.24, 2.45) is 4.99 Å². The van der Waals surface area contributed by atoms with Gasteiger partial charge in [0.05, 0.1) is 0 Å². The number of ether oxygens (including phenoxy) is 1. The lowest BCUT2D eigenvalue weighted by Crippen LogP contribution is -2.47. The number of carbonyl (C=O) groups is 1. The Bertz CT molecular complexity index is 601. The van der Waals surface area contributed by atoms with Gasteiger partial charge in [0.15, 0.2) is 12.6 Å². The molecule has 6 nitrogen and oxygen atoms in total. The highest BCUT2D eigenvalue weighted by atomic mass is 16.5. The molecular weight excluding hydrogens is 328 g/mol. The van der Waals surface area contributed by atoms with Crippen molar-refractivity contribution >= 4 is 11.9 Å². The number of nitrogens with one attached hydrogen (secondary N) is 3. The summed E-state index contributed by atoms with van der Waals surface area (Å²) in [6, 6.07) is 8.22. The van der Waals surface area contributed by atoms with Crippen LogP contribution in [0.1, 0.15) is 46.1 Å². The Labute approximate surface area is 156 Å². The number of guanidine groups is 1. The molecule has 2 rings (SSSR count). The molecule has 1 aliphatic rings. The normalized spacial score (nSPS) is 14.7. The first-order valence-electron chi connectivity index (χ1n) is 9.43. The zero-order valence-electron chi connectivity index (χ0n) is 16.4. The molecule has 0 aromatic heterocycles. The fourth-order valence-corrected chi connectivity index (χ4v) is 2.36. The van der Waals surface area contributed by atoms with E-state index in [4.69, 9.17) is 4.74 Å². The van der Waals surface area contributed by atoms with Crippen LogP contribution in [-0.2, 0) is 11.2 Å². The van der Waals surface area contributed by atoms with Gasteiger partial charge in [-0.15, -0.1) is 0 Å². The summed E-state index contributed by atoms with van der Waals surface area (Å²) in [6.07, 6.45) is 3.02. The Morgan fingerprint density at radius 1 is 1.23 bits per heavy atom. The fourth-order valence-electron chi connectivity index (χ4n) is 2.36. The van der Waals surface area contributed by atoms with Crippen LogP contribution in [0.15, 0.2) is 29.3 Å². The van der Waals surface area contributed by atoms with Crippen molar-refractivity contribution in [3.05, 3.63) is 29.8 Å². The molecule has 0 spiro atoms. The molecule has 1 fully saturated rings. The number of hydrogen-bond acceptors (Lipinski definition) is 3. The van der Waals surface area contributed by atoms with Crippen LogP contribution >= 0.6 is 0 Å². The average Bonchev–Trinajstić information content (AvgIpc) is 3.37. The van der Waals surface area contributed by atoms with E-state index in [1.54, 1.807) is 0 Å². The standard InChI is InChI=1S/C20H32N4O2/c1-5-21-19(24-20(2,3)4)22-13-12-15-6-10-17(11-7-15)26-14-18(25)23-16-8-9-16/h6-7,10-11,16H,5,8-9,12-14H2,1-4H3,(H,23,25)(H2,21,22,24). The van der Waals surface area contributed by atoms with Gasteiger partial charge in [-0.3, -0.25) is 9.79 Å². The summed E-state index contributed by atoms with van der Waals surface area (Å²) in [5, 5.41) is 9.55. The van der Waals surface area contributed by atoms with Gasteiger partial charge >= 0.3 is 0 Å². The summed E-state index contributed by atoms with van der Waals surface area (Å²) >= 11 is 0. The number of aliphatic imine (C=N–C) groups is 1. The van der Waals surface area contributed by atoms with E-state index >= 15 is 0 Å². The summed E-state index contributed by atoms with van der Waals surface area (Å²) in [5.74, 6) is 1.50. The third-order valence-corrected chi connectivity index (χ3v) is 3.74. The second-order valence-corrected chi connectivity index (χ2v) is 7.66. The van der Waals surface area contributed by atoms with Crippen LogP contribution < -0.4 is 20.7 Å². The first kappa shape index (κ1) is 20.1. The summed E-state index contributed by atoms with van der Waals surface area (Å²) in [6.45, 7) is 10.0. The van der Waals surface area contributed by atoms with Crippen LogP contribution in [0.5, 0.6) is 5.75 Å². The highest BCUT2D eigenvalue weighted by molar-refractivity contribution is 5.80. The van der Waals surface area contributed by atoms with Crippen LogP contribution in [0.4, 0.5) is 0 Å². The van der Waals surface area contributed by atoms with Gasteiger partial charge in [-0.25, -0.2) is 0 Å². The Hall–Kier alpha value is -2.24. The van der Waals surface area contributed by atoms with Crippen LogP contribution in [0.3, 0.4) is 0 Å². The number of benzene rings is 1. The first-order chi connectivity index (χ1) is 12.4. The van der Waals surface area contributed by atoms with Gasteiger partial charge in [0, 0.05) is 24.7 Å². The van der Waals surface area contributed by atoms with E-state index in [9.17, 15) is 4.79 Å². The SMILES string of the molecule is CCNC(=NCCc1ccc(OCC(=O)NC2CC2)cc1)NC(C)(C)C. The molecule has 6 heteroatoms. The van der Waals surface area contributed by atoms with E-state index in [0.717, 1.165) is 31.8 Å². The van der Waals surface area contributed by atoms with Crippen molar-refractivity contribution in [2.45, 2.75) is 58.5 Å². The molecule has 0 saturated heterocycles. The van der Waals surface area contributed by atoms with E-state index in [2.05, 4.69) is 48.6 Å². The Morgan fingerprint density at radius 3 is 2.50 bits per heavy atom. The maximum atomic E-state index is 11.6. The third-order valence-electron chi connectivity index (χ3n) is 3.74. The highest BCUT2D eigenvalue weighted by Crippen LogP contribution is 2.18. The van der Waals surface area contributed by atoms with Crippen molar-refractivity contribution in [3.63, 3.8) is 0 Å². The summed E-state index contributed by atoms with van der Waals surface area (Å²) in [5.41, 5.74) is 1.17. The molecule has 0 aliphatic heterocycles. The quantitative estimate of drug-likeness (QED) is 0.491. The van der Waals surface area contributed by atoms with Crippen molar-refractivity contribution in [3.8, 4) is 5.75 Å². The van der Waals surface area contributed by atoms with E-state index < -0.39 is 0 Å². The lowest BCUT2D eigenvalue weighted by Gasteiger charge is -2.23. The van der Waals surface area contributed by atoms with Crippen LogP contribution in [-0.4, -0.2) is 43.1 Å². The van der Waals surface area contributed by atoms with Gasteiger partial charge in [0.2, 0.25) is 0 Å². The lowest BCUT2D eigenvalue weighted by molar-refractivity contribution is -0.123. The lowest BCUT2D eigenvalue weighted by atomic mass is 10.1. The molecule has 1 aromatic rings. The van der Waals surface area contributed by atoms with Gasteiger partial charge in [0.25, 0.3) is 5.91 Å². The van der Waals surface area contributed by atoms with E-state index in [1.807, 2.05) is 24.3 Å². The molecule has 144 valence electrons. The Balaban J connectivity index is 1.76. The molecule has 0 heterocycles. The number of amides is 1. The number of nitrogens with zero attached hydrogens (tertiary/aromatic N) is 1. The average molecular weight is 361 g/mol. The van der Waals surface area contributed by atoms with Crippen LogP contribution in [0, 0.1) is 0 Å². The zero-order valence-corrected chi connectivity index (χ0v) is 16.4. The number of hydrogen-bond donors (Lipinski definition) is 3. The van der Waals surface area contributed by atoms with E-state index in [-0.39, 0.29) is 18.1 Å². The summed E-state index contributed by atoms with van der Waals surface area (Å²) in [7, 11) is 0.